The Kier molecular flexibility index (Phi) is 5.30. The maximum absolute atomic E-state index is 6.72. The molecular weight excluding hydrogens is 413 g/mol. The summed E-state index contributed by atoms with van der Waals surface area (Å²) in [6.45, 7) is 2.32. The van der Waals surface area contributed by atoms with Crippen LogP contribution in [0.1, 0.15) is 55.6 Å². The molecule has 0 N–H and O–H groups in total. The molecule has 1 aromatic heterocycles. The van der Waals surface area contributed by atoms with Crippen molar-refractivity contribution in [3.63, 3.8) is 0 Å². The number of aromatic nitrogens is 2. The number of halogens is 2. The molecule has 30 heavy (non-hydrogen) atoms. The second kappa shape index (κ2) is 7.96. The summed E-state index contributed by atoms with van der Waals surface area (Å²) in [4.78, 5) is 11.9. The largest absolute Gasteiger partial charge is 0.286 e. The van der Waals surface area contributed by atoms with Gasteiger partial charge in [0.15, 0.2) is 0 Å². The fraction of sp³-hybridized carbons (Fsp3) is 0.360. The minimum Gasteiger partial charge on any atom is -0.286 e. The maximum atomic E-state index is 6.72. The minimum atomic E-state index is -0.00485. The standard InChI is InChI=1S/C25H25Cl2N3/c1-25(24-28-13-6-14-29-24)15-17-11-12-18(16-25)30(17)23(19-7-2-4-9-21(19)26)20-8-3-5-10-22(20)27/h2-10,13-14,17-18,23H,11-12,15-16H2,1H3. The van der Waals surface area contributed by atoms with Crippen LogP contribution >= 0.6 is 23.2 Å². The van der Waals surface area contributed by atoms with E-state index in [4.69, 9.17) is 23.2 Å². The minimum absolute atomic E-state index is 0.00485. The summed E-state index contributed by atoms with van der Waals surface area (Å²) in [5, 5.41) is 1.59. The summed E-state index contributed by atoms with van der Waals surface area (Å²) >= 11 is 13.4. The first-order valence-corrected chi connectivity index (χ1v) is 11.4. The summed E-state index contributed by atoms with van der Waals surface area (Å²) in [7, 11) is 0. The zero-order chi connectivity index (χ0) is 20.7. The molecule has 5 rings (SSSR count). The van der Waals surface area contributed by atoms with Gasteiger partial charge in [0.1, 0.15) is 5.82 Å². The van der Waals surface area contributed by atoms with Gasteiger partial charge >= 0.3 is 0 Å². The molecule has 2 aliphatic heterocycles. The van der Waals surface area contributed by atoms with E-state index in [1.165, 1.54) is 12.8 Å². The molecule has 5 heteroatoms. The van der Waals surface area contributed by atoms with Crippen LogP contribution in [0.25, 0.3) is 0 Å². The summed E-state index contributed by atoms with van der Waals surface area (Å²) in [6, 6.07) is 19.2. The third-order valence-electron chi connectivity index (χ3n) is 6.85. The van der Waals surface area contributed by atoms with Gasteiger partial charge < -0.3 is 0 Å². The highest BCUT2D eigenvalue weighted by atomic mass is 35.5. The highest BCUT2D eigenvalue weighted by Crippen LogP contribution is 2.51. The topological polar surface area (TPSA) is 29.0 Å². The Morgan fingerprint density at radius 2 is 1.33 bits per heavy atom. The molecule has 3 heterocycles. The van der Waals surface area contributed by atoms with Gasteiger partial charge in [-0.2, -0.15) is 0 Å². The third-order valence-corrected chi connectivity index (χ3v) is 7.54. The van der Waals surface area contributed by atoms with Crippen LogP contribution in [-0.2, 0) is 5.41 Å². The molecular formula is C25H25Cl2N3. The van der Waals surface area contributed by atoms with Crippen LogP contribution in [0.15, 0.2) is 67.0 Å². The van der Waals surface area contributed by atoms with Gasteiger partial charge in [0.05, 0.1) is 6.04 Å². The van der Waals surface area contributed by atoms with Crippen LogP contribution < -0.4 is 0 Å². The molecule has 0 radical (unpaired) electrons. The van der Waals surface area contributed by atoms with Crippen molar-refractivity contribution in [1.29, 1.82) is 0 Å². The van der Waals surface area contributed by atoms with Gasteiger partial charge in [-0.25, -0.2) is 9.97 Å². The second-order valence-corrected chi connectivity index (χ2v) is 9.63. The zero-order valence-corrected chi connectivity index (χ0v) is 18.5. The number of rotatable bonds is 4. The summed E-state index contributed by atoms with van der Waals surface area (Å²) in [5.74, 6) is 0.966. The Hall–Kier alpha value is -1.94. The lowest BCUT2D eigenvalue weighted by molar-refractivity contribution is 0.0607. The molecule has 2 saturated heterocycles. The molecule has 2 unspecified atom stereocenters. The Morgan fingerprint density at radius 3 is 1.83 bits per heavy atom. The fourth-order valence-corrected chi connectivity index (χ4v) is 6.10. The van der Waals surface area contributed by atoms with Crippen molar-refractivity contribution >= 4 is 23.2 Å². The van der Waals surface area contributed by atoms with Crippen molar-refractivity contribution in [2.45, 2.75) is 56.1 Å². The third kappa shape index (κ3) is 3.43. The van der Waals surface area contributed by atoms with Crippen LogP contribution in [0.2, 0.25) is 10.0 Å². The first-order chi connectivity index (χ1) is 14.6. The Morgan fingerprint density at radius 1 is 0.833 bits per heavy atom. The van der Waals surface area contributed by atoms with Gasteiger partial charge in [-0.15, -0.1) is 0 Å². The van der Waals surface area contributed by atoms with E-state index in [1.54, 1.807) is 0 Å². The van der Waals surface area contributed by atoms with E-state index in [0.29, 0.717) is 12.1 Å². The molecule has 0 aliphatic carbocycles. The molecule has 2 aromatic carbocycles. The molecule has 3 aromatic rings. The fourth-order valence-electron chi connectivity index (χ4n) is 5.62. The van der Waals surface area contributed by atoms with E-state index in [1.807, 2.05) is 42.7 Å². The summed E-state index contributed by atoms with van der Waals surface area (Å²) < 4.78 is 0. The maximum Gasteiger partial charge on any atom is 0.134 e. The van der Waals surface area contributed by atoms with E-state index in [0.717, 1.165) is 39.8 Å². The smallest absolute Gasteiger partial charge is 0.134 e. The predicted molar refractivity (Wildman–Crippen MR) is 122 cm³/mol. The first-order valence-electron chi connectivity index (χ1n) is 10.6. The van der Waals surface area contributed by atoms with Crippen molar-refractivity contribution < 1.29 is 0 Å². The highest BCUT2D eigenvalue weighted by Gasteiger charge is 2.50. The number of fused-ring (bicyclic) bond motifs is 2. The average molecular weight is 438 g/mol. The van der Waals surface area contributed by atoms with Crippen molar-refractivity contribution in [3.05, 3.63) is 94.0 Å². The molecule has 0 saturated carbocycles. The van der Waals surface area contributed by atoms with Gasteiger partial charge in [-0.3, -0.25) is 4.90 Å². The second-order valence-electron chi connectivity index (χ2n) is 8.82. The lowest BCUT2D eigenvalue weighted by Gasteiger charge is -2.48. The van der Waals surface area contributed by atoms with E-state index < -0.39 is 0 Å². The molecule has 0 spiro atoms. The summed E-state index contributed by atoms with van der Waals surface area (Å²) in [5.41, 5.74) is 2.25. The average Bonchev–Trinajstić information content (AvgIpc) is 3.02. The van der Waals surface area contributed by atoms with Crippen molar-refractivity contribution in [2.24, 2.45) is 0 Å². The molecule has 2 bridgehead atoms. The Bertz CT molecular complexity index is 980. The zero-order valence-electron chi connectivity index (χ0n) is 17.0. The first kappa shape index (κ1) is 20.0. The normalized spacial score (nSPS) is 26.3. The Balaban J connectivity index is 1.57. The molecule has 0 amide bonds. The summed E-state index contributed by atoms with van der Waals surface area (Å²) in [6.07, 6.45) is 8.16. The van der Waals surface area contributed by atoms with Crippen molar-refractivity contribution in [2.75, 3.05) is 0 Å². The molecule has 154 valence electrons. The Labute approximate surface area is 188 Å². The number of hydrogen-bond donors (Lipinski definition) is 0. The number of hydrogen-bond acceptors (Lipinski definition) is 3. The molecule has 2 aliphatic rings. The predicted octanol–water partition coefficient (Wildman–Crippen LogP) is 6.46. The molecule has 2 atom stereocenters. The molecule has 2 fully saturated rings. The van der Waals surface area contributed by atoms with E-state index in [9.17, 15) is 0 Å². The van der Waals surface area contributed by atoms with Crippen LogP contribution in [0.5, 0.6) is 0 Å². The van der Waals surface area contributed by atoms with Crippen LogP contribution in [-0.4, -0.2) is 27.0 Å². The number of nitrogens with zero attached hydrogens (tertiary/aromatic N) is 3. The van der Waals surface area contributed by atoms with Gasteiger partial charge in [0, 0.05) is 39.9 Å². The lowest BCUT2D eigenvalue weighted by Crippen LogP contribution is -2.50. The lowest BCUT2D eigenvalue weighted by atomic mass is 9.74. The van der Waals surface area contributed by atoms with Gasteiger partial charge in [0.25, 0.3) is 0 Å². The van der Waals surface area contributed by atoms with Gasteiger partial charge in [0.2, 0.25) is 0 Å². The SMILES string of the molecule is CC1(c2ncccn2)CC2CCC(C1)N2C(c1ccccc1Cl)c1ccccc1Cl. The quantitative estimate of drug-likeness (QED) is 0.468. The van der Waals surface area contributed by atoms with Crippen molar-refractivity contribution in [1.82, 2.24) is 14.9 Å². The van der Waals surface area contributed by atoms with Crippen LogP contribution in [0, 0.1) is 0 Å². The van der Waals surface area contributed by atoms with E-state index >= 15 is 0 Å². The van der Waals surface area contributed by atoms with Gasteiger partial charge in [-0.1, -0.05) is 66.5 Å². The van der Waals surface area contributed by atoms with Crippen LogP contribution in [0.3, 0.4) is 0 Å². The van der Waals surface area contributed by atoms with Crippen molar-refractivity contribution in [3.8, 4) is 0 Å². The van der Waals surface area contributed by atoms with Crippen LogP contribution in [0.4, 0.5) is 0 Å². The molecule has 3 nitrogen and oxygen atoms in total. The van der Waals surface area contributed by atoms with E-state index in [-0.39, 0.29) is 11.5 Å². The number of piperidine rings is 1. The van der Waals surface area contributed by atoms with E-state index in [2.05, 4.69) is 46.1 Å². The van der Waals surface area contributed by atoms with Gasteiger partial charge in [-0.05, 0) is 55.0 Å². The monoisotopic (exact) mass is 437 g/mol. The highest BCUT2D eigenvalue weighted by molar-refractivity contribution is 6.32. The number of benzene rings is 2.